The maximum absolute atomic E-state index is 10.4. The quantitative estimate of drug-likeness (QED) is 0.554. The van der Waals surface area contributed by atoms with Gasteiger partial charge in [0, 0.05) is 0 Å². The van der Waals surface area contributed by atoms with Gasteiger partial charge in [0.05, 0.1) is 12.1 Å². The van der Waals surface area contributed by atoms with Crippen molar-refractivity contribution in [1.29, 1.82) is 0 Å². The number of isocyanates is 2. The monoisotopic (exact) mass is 248 g/mol. The average Bonchev–Trinajstić information content (AvgIpc) is 2.95. The van der Waals surface area contributed by atoms with Crippen LogP contribution >= 0.6 is 0 Å². The van der Waals surface area contributed by atoms with Crippen LogP contribution in [-0.2, 0) is 9.59 Å². The summed E-state index contributed by atoms with van der Waals surface area (Å²) >= 11 is 0. The van der Waals surface area contributed by atoms with Crippen molar-refractivity contribution in [1.82, 2.24) is 0 Å². The Morgan fingerprint density at radius 2 is 1.67 bits per heavy atom. The van der Waals surface area contributed by atoms with Crippen LogP contribution in [0.1, 0.15) is 39.5 Å². The topological polar surface area (TPSA) is 58.9 Å². The molecule has 6 unspecified atom stereocenters. The van der Waals surface area contributed by atoms with Gasteiger partial charge in [-0.05, 0) is 56.3 Å². The van der Waals surface area contributed by atoms with Gasteiger partial charge in [0.25, 0.3) is 0 Å². The number of nitrogens with zero attached hydrogens (tertiary/aromatic N) is 2. The fraction of sp³-hybridized carbons (Fsp3) is 0.857. The van der Waals surface area contributed by atoms with Crippen molar-refractivity contribution in [3.63, 3.8) is 0 Å². The van der Waals surface area contributed by atoms with E-state index >= 15 is 0 Å². The van der Waals surface area contributed by atoms with Crippen LogP contribution in [0.4, 0.5) is 0 Å². The van der Waals surface area contributed by atoms with Crippen molar-refractivity contribution >= 4 is 12.2 Å². The molecular weight excluding hydrogens is 228 g/mol. The molecule has 0 aromatic rings. The molecular formula is C14H20N2O2. The van der Waals surface area contributed by atoms with Crippen LogP contribution in [-0.4, -0.2) is 24.2 Å². The van der Waals surface area contributed by atoms with Crippen LogP contribution < -0.4 is 0 Å². The average molecular weight is 248 g/mol. The van der Waals surface area contributed by atoms with Crippen LogP contribution in [0.3, 0.4) is 0 Å². The van der Waals surface area contributed by atoms with Crippen molar-refractivity contribution < 1.29 is 9.59 Å². The Hall–Kier alpha value is -1.24. The summed E-state index contributed by atoms with van der Waals surface area (Å²) in [4.78, 5) is 28.6. The highest BCUT2D eigenvalue weighted by molar-refractivity contribution is 5.34. The van der Waals surface area contributed by atoms with Gasteiger partial charge in [0.1, 0.15) is 0 Å². The minimum absolute atomic E-state index is 0.0908. The van der Waals surface area contributed by atoms with E-state index in [2.05, 4.69) is 16.9 Å². The Labute approximate surface area is 108 Å². The molecule has 0 amide bonds. The summed E-state index contributed by atoms with van der Waals surface area (Å²) < 4.78 is 0. The van der Waals surface area contributed by atoms with Gasteiger partial charge in [0.15, 0.2) is 0 Å². The number of rotatable bonds is 5. The molecule has 2 aliphatic carbocycles. The molecule has 2 aliphatic rings. The Kier molecular flexibility index (Phi) is 4.11. The first-order valence-electron chi connectivity index (χ1n) is 6.85. The van der Waals surface area contributed by atoms with E-state index in [1.165, 1.54) is 6.42 Å². The Morgan fingerprint density at radius 3 is 2.17 bits per heavy atom. The minimum atomic E-state index is 0.0908. The van der Waals surface area contributed by atoms with Crippen molar-refractivity contribution in [3.05, 3.63) is 0 Å². The number of hydrogen-bond donors (Lipinski definition) is 0. The molecule has 0 N–H and O–H groups in total. The third-order valence-electron chi connectivity index (χ3n) is 4.97. The molecule has 0 radical (unpaired) electrons. The maximum Gasteiger partial charge on any atom is 0.235 e. The molecule has 6 atom stereocenters. The third-order valence-corrected chi connectivity index (χ3v) is 4.97. The largest absolute Gasteiger partial charge is 0.235 e. The number of fused-ring (bicyclic) bond motifs is 2. The zero-order valence-electron chi connectivity index (χ0n) is 11.0. The van der Waals surface area contributed by atoms with Gasteiger partial charge in [-0.2, -0.15) is 0 Å². The molecule has 0 saturated heterocycles. The standard InChI is InChI=1S/C14H20N2O2/c1-3-14(16-8-18)13-6-10-4-11(13)5-12(10)9(2)15-7-17/h9-14H,3-6H2,1-2H3. The molecule has 0 aromatic carbocycles. The lowest BCUT2D eigenvalue weighted by molar-refractivity contribution is 0.207. The summed E-state index contributed by atoms with van der Waals surface area (Å²) in [7, 11) is 0. The second-order valence-corrected chi connectivity index (χ2v) is 5.71. The normalized spacial score (nSPS) is 36.6. The summed E-state index contributed by atoms with van der Waals surface area (Å²) in [5, 5.41) is 0. The predicted molar refractivity (Wildman–Crippen MR) is 67.6 cm³/mol. The molecule has 98 valence electrons. The Morgan fingerprint density at radius 1 is 1.06 bits per heavy atom. The summed E-state index contributed by atoms with van der Waals surface area (Å²) in [6, 6.07) is 0.233. The molecule has 0 spiro atoms. The summed E-state index contributed by atoms with van der Waals surface area (Å²) in [6.45, 7) is 4.08. The van der Waals surface area contributed by atoms with Crippen LogP contribution in [0.2, 0.25) is 0 Å². The van der Waals surface area contributed by atoms with Crippen molar-refractivity contribution in [2.24, 2.45) is 33.7 Å². The second kappa shape index (κ2) is 5.60. The first-order chi connectivity index (χ1) is 8.71. The number of hydrogen-bond acceptors (Lipinski definition) is 4. The first-order valence-corrected chi connectivity index (χ1v) is 6.85. The fourth-order valence-electron chi connectivity index (χ4n) is 4.16. The Bertz CT molecular complexity index is 397. The van der Waals surface area contributed by atoms with Gasteiger partial charge in [0.2, 0.25) is 12.2 Å². The van der Waals surface area contributed by atoms with Gasteiger partial charge in [-0.1, -0.05) is 6.92 Å². The lowest BCUT2D eigenvalue weighted by Crippen LogP contribution is -2.30. The highest BCUT2D eigenvalue weighted by Crippen LogP contribution is 2.54. The highest BCUT2D eigenvalue weighted by atomic mass is 16.1. The maximum atomic E-state index is 10.4. The molecule has 0 aliphatic heterocycles. The van der Waals surface area contributed by atoms with E-state index in [1.54, 1.807) is 12.2 Å². The second-order valence-electron chi connectivity index (χ2n) is 5.71. The van der Waals surface area contributed by atoms with Gasteiger partial charge < -0.3 is 0 Å². The van der Waals surface area contributed by atoms with E-state index in [4.69, 9.17) is 0 Å². The van der Waals surface area contributed by atoms with Crippen LogP contribution in [0.15, 0.2) is 9.98 Å². The molecule has 2 saturated carbocycles. The molecule has 2 bridgehead atoms. The minimum Gasteiger partial charge on any atom is -0.211 e. The number of carbonyl (C=O) groups excluding carboxylic acids is 2. The smallest absolute Gasteiger partial charge is 0.211 e. The van der Waals surface area contributed by atoms with Gasteiger partial charge >= 0.3 is 0 Å². The van der Waals surface area contributed by atoms with Crippen molar-refractivity contribution in [2.45, 2.75) is 51.6 Å². The van der Waals surface area contributed by atoms with Crippen LogP contribution in [0, 0.1) is 23.7 Å². The van der Waals surface area contributed by atoms with Gasteiger partial charge in [-0.3, -0.25) is 0 Å². The highest BCUT2D eigenvalue weighted by Gasteiger charge is 2.49. The van der Waals surface area contributed by atoms with E-state index in [-0.39, 0.29) is 12.1 Å². The van der Waals surface area contributed by atoms with Crippen molar-refractivity contribution in [2.75, 3.05) is 0 Å². The first kappa shape index (κ1) is 13.2. The van der Waals surface area contributed by atoms with E-state index in [1.807, 2.05) is 6.92 Å². The lowest BCUT2D eigenvalue weighted by atomic mass is 9.76. The predicted octanol–water partition coefficient (Wildman–Crippen LogP) is 2.49. The van der Waals surface area contributed by atoms with E-state index in [9.17, 15) is 9.59 Å². The molecule has 2 rings (SSSR count). The van der Waals surface area contributed by atoms with E-state index in [0.29, 0.717) is 23.7 Å². The molecule has 0 heterocycles. The summed E-state index contributed by atoms with van der Waals surface area (Å²) in [5.41, 5.74) is 0. The molecule has 0 aromatic heterocycles. The van der Waals surface area contributed by atoms with Crippen molar-refractivity contribution in [3.8, 4) is 0 Å². The van der Waals surface area contributed by atoms with Gasteiger partial charge in [-0.25, -0.2) is 19.6 Å². The van der Waals surface area contributed by atoms with Gasteiger partial charge in [-0.15, -0.1) is 0 Å². The molecule has 4 heteroatoms. The third kappa shape index (κ3) is 2.31. The van der Waals surface area contributed by atoms with Crippen LogP contribution in [0.25, 0.3) is 0 Å². The fourth-order valence-corrected chi connectivity index (χ4v) is 4.16. The summed E-state index contributed by atoms with van der Waals surface area (Å²) in [5.74, 6) is 2.34. The zero-order valence-corrected chi connectivity index (χ0v) is 11.0. The van der Waals surface area contributed by atoms with Crippen LogP contribution in [0.5, 0.6) is 0 Å². The zero-order chi connectivity index (χ0) is 13.1. The lowest BCUT2D eigenvalue weighted by Gasteiger charge is -2.32. The number of aliphatic imine (C=N–C) groups is 2. The molecule has 18 heavy (non-hydrogen) atoms. The molecule has 4 nitrogen and oxygen atoms in total. The van der Waals surface area contributed by atoms with E-state index in [0.717, 1.165) is 19.3 Å². The van der Waals surface area contributed by atoms with E-state index < -0.39 is 0 Å². The Balaban J connectivity index is 2.02. The SMILES string of the molecule is CCC(N=C=O)C1CC2CC1CC2C(C)N=C=O. The molecule has 2 fully saturated rings. The summed E-state index contributed by atoms with van der Waals surface area (Å²) in [6.07, 6.45) is 7.75.